The van der Waals surface area contributed by atoms with Crippen LogP contribution >= 0.6 is 0 Å². The molecular formula is C78H94N8O17. The number of rotatable bonds is 35. The maximum atomic E-state index is 14.4. The smallest absolute Gasteiger partial charge is 0.416 e. The number of allylic oxidation sites excluding steroid dienone is 4. The van der Waals surface area contributed by atoms with Gasteiger partial charge in [-0.1, -0.05) is 129 Å². The number of amides is 7. The Morgan fingerprint density at radius 3 is 1.76 bits per heavy atom. The lowest BCUT2D eigenvalue weighted by Crippen LogP contribution is -2.53. The fourth-order valence-corrected chi connectivity index (χ4v) is 11.3. The third-order valence-electron chi connectivity index (χ3n) is 16.6. The van der Waals surface area contributed by atoms with E-state index in [0.717, 1.165) is 21.6 Å². The van der Waals surface area contributed by atoms with Crippen molar-refractivity contribution in [2.45, 2.75) is 104 Å². The molecule has 1 unspecified atom stereocenters. The fourth-order valence-electron chi connectivity index (χ4n) is 11.3. The van der Waals surface area contributed by atoms with Crippen LogP contribution in [0.3, 0.4) is 0 Å². The molecule has 0 saturated heterocycles. The Labute approximate surface area is 601 Å². The molecule has 4 aliphatic rings. The molecule has 25 heteroatoms. The van der Waals surface area contributed by atoms with Crippen LogP contribution in [0.5, 0.6) is 23.0 Å². The van der Waals surface area contributed by atoms with Crippen LogP contribution in [0, 0.1) is 5.92 Å². The first-order valence-corrected chi connectivity index (χ1v) is 34.5. The van der Waals surface area contributed by atoms with Crippen LogP contribution in [0.1, 0.15) is 92.1 Å². The predicted octanol–water partition coefficient (Wildman–Crippen LogP) is 9.74. The Balaban J connectivity index is 0.739. The van der Waals surface area contributed by atoms with Gasteiger partial charge in [0.05, 0.1) is 121 Å². The number of aliphatic imine (C=N–C) groups is 1. The molecule has 4 aliphatic heterocycles. The molecule has 5 N–H and O–H groups in total. The number of hydrogen-bond donors (Lipinski definition) is 5. The summed E-state index contributed by atoms with van der Waals surface area (Å²) in [7, 11) is 2.91. The molecule has 25 nitrogen and oxygen atoms in total. The van der Waals surface area contributed by atoms with Gasteiger partial charge in [0.2, 0.25) is 23.6 Å². The van der Waals surface area contributed by atoms with E-state index in [9.17, 15) is 38.7 Å². The summed E-state index contributed by atoms with van der Waals surface area (Å²) < 4.78 is 51.9. The minimum absolute atomic E-state index is 0.0153. The van der Waals surface area contributed by atoms with Gasteiger partial charge in [0.25, 0.3) is 11.8 Å². The monoisotopic (exact) mass is 1410 g/mol. The first-order valence-electron chi connectivity index (χ1n) is 34.5. The summed E-state index contributed by atoms with van der Waals surface area (Å²) >= 11 is 0. The zero-order chi connectivity index (χ0) is 73.5. The Morgan fingerprint density at radius 1 is 0.602 bits per heavy atom. The van der Waals surface area contributed by atoms with Gasteiger partial charge in [0.15, 0.2) is 29.2 Å². The second kappa shape index (κ2) is 40.9. The van der Waals surface area contributed by atoms with Gasteiger partial charge in [-0.15, -0.1) is 0 Å². The normalized spacial score (nSPS) is 16.3. The molecule has 0 aliphatic carbocycles. The Hall–Kier alpha value is -10.4. The number of ether oxygens (including phenoxy) is 9. The highest BCUT2D eigenvalue weighted by Crippen LogP contribution is 2.43. The van der Waals surface area contributed by atoms with E-state index in [2.05, 4.69) is 26.3 Å². The number of methoxy groups -OCH3 is 2. The summed E-state index contributed by atoms with van der Waals surface area (Å²) in [4.78, 5) is 104. The molecule has 0 aromatic heterocycles. The SMILES string of the molecule is C/C=C/C1=CN2C(=O)c3cc(OC)c(OCCCOc4cc5c(cc4OC)C(=O)N4C=C(/C=C/C)C[C@H]4[C@H](O)N5C(=O)OCc4ccc(NC(=O)C(C)NC(=O)[C@@H](NC(=O)CCOCCOCCOCCOCCNC(=O)Cc5ccccccccccccc5)C(C)C)cc4)cc3N=C[C@@H]2C1. The largest absolute Gasteiger partial charge is 0.493 e. The molecule has 0 spiro atoms. The molecule has 0 fully saturated rings. The Bertz CT molecular complexity index is 3840. The molecule has 7 amide bonds. The van der Waals surface area contributed by atoms with Crippen LogP contribution in [-0.4, -0.2) is 180 Å². The highest BCUT2D eigenvalue weighted by atomic mass is 16.6. The minimum atomic E-state index is -1.58. The lowest BCUT2D eigenvalue weighted by molar-refractivity contribution is -0.132. The van der Waals surface area contributed by atoms with E-state index in [-0.39, 0.29) is 105 Å². The Kier molecular flexibility index (Phi) is 31.1. The van der Waals surface area contributed by atoms with Crippen molar-refractivity contribution in [2.75, 3.05) is 97.0 Å². The number of carbonyl (C=O) groups excluding carboxylic acids is 7. The van der Waals surface area contributed by atoms with E-state index in [4.69, 9.17) is 42.6 Å². The van der Waals surface area contributed by atoms with Crippen molar-refractivity contribution in [2.24, 2.45) is 10.9 Å². The molecule has 8 rings (SSSR count). The van der Waals surface area contributed by atoms with Gasteiger partial charge in [0, 0.05) is 55.8 Å². The summed E-state index contributed by atoms with van der Waals surface area (Å²) in [5.74, 6) is -1.52. The Morgan fingerprint density at radius 2 is 1.16 bits per heavy atom. The van der Waals surface area contributed by atoms with E-state index in [0.29, 0.717) is 86.4 Å². The van der Waals surface area contributed by atoms with Crippen LogP contribution < -0.4 is 45.1 Å². The van der Waals surface area contributed by atoms with Crippen LogP contribution in [0.25, 0.3) is 0 Å². The zero-order valence-corrected chi connectivity index (χ0v) is 59.4. The number of nitrogens with one attached hydrogen (secondary N) is 4. The number of aliphatic hydroxyl groups excluding tert-OH is 1. The topological polar surface area (TPSA) is 293 Å². The maximum Gasteiger partial charge on any atom is 0.416 e. The maximum absolute atomic E-state index is 14.4. The van der Waals surface area contributed by atoms with E-state index < -0.39 is 54.1 Å². The van der Waals surface area contributed by atoms with Gasteiger partial charge < -0.3 is 78.8 Å². The molecule has 0 saturated carbocycles. The van der Waals surface area contributed by atoms with E-state index in [1.807, 2.05) is 123 Å². The van der Waals surface area contributed by atoms with Crippen LogP contribution in [0.4, 0.5) is 21.9 Å². The number of aliphatic hydroxyl groups is 1. The zero-order valence-electron chi connectivity index (χ0n) is 59.4. The molecule has 0 radical (unpaired) electrons. The van der Waals surface area contributed by atoms with Gasteiger partial charge in [-0.3, -0.25) is 33.8 Å². The highest BCUT2D eigenvalue weighted by Gasteiger charge is 2.45. The van der Waals surface area contributed by atoms with Crippen molar-refractivity contribution in [3.8, 4) is 23.0 Å². The molecule has 548 valence electrons. The summed E-state index contributed by atoms with van der Waals surface area (Å²) in [6.07, 6.45) is 11.7. The minimum Gasteiger partial charge on any atom is -0.493 e. The predicted molar refractivity (Wildman–Crippen MR) is 389 cm³/mol. The van der Waals surface area contributed by atoms with Crippen molar-refractivity contribution in [1.29, 1.82) is 0 Å². The number of benzene rings is 3. The number of nitrogens with zero attached hydrogens (tertiary/aromatic N) is 4. The van der Waals surface area contributed by atoms with Gasteiger partial charge >= 0.3 is 6.09 Å². The van der Waals surface area contributed by atoms with Gasteiger partial charge in [-0.2, -0.15) is 0 Å². The summed E-state index contributed by atoms with van der Waals surface area (Å²) in [6, 6.07) is 34.5. The molecule has 0 bridgehead atoms. The van der Waals surface area contributed by atoms with Crippen molar-refractivity contribution in [1.82, 2.24) is 25.8 Å². The van der Waals surface area contributed by atoms with Crippen molar-refractivity contribution >= 4 is 64.8 Å². The molecule has 4 aromatic carbocycles. The quantitative estimate of drug-likeness (QED) is 0.0268. The average Bonchev–Trinajstić information content (AvgIpc) is 1.62. The van der Waals surface area contributed by atoms with Gasteiger partial charge in [-0.25, -0.2) is 9.69 Å². The van der Waals surface area contributed by atoms with Crippen LogP contribution in [-0.2, 0) is 55.9 Å². The summed E-state index contributed by atoms with van der Waals surface area (Å²) in [5, 5.41) is 23.2. The van der Waals surface area contributed by atoms with Gasteiger partial charge in [0.1, 0.15) is 18.7 Å². The van der Waals surface area contributed by atoms with Crippen molar-refractivity contribution in [3.63, 3.8) is 0 Å². The lowest BCUT2D eigenvalue weighted by atomic mass is 10.0. The second-order valence-electron chi connectivity index (χ2n) is 24.5. The van der Waals surface area contributed by atoms with Crippen LogP contribution in [0.15, 0.2) is 180 Å². The molecule has 4 aromatic rings. The number of fused-ring (bicyclic) bond motifs is 4. The van der Waals surface area contributed by atoms with E-state index >= 15 is 0 Å². The third kappa shape index (κ3) is 23.3. The standard InChI is InChI=1S/C78H94N8O17/c1-8-22-57-42-60-49-80-63-47-68(66(95-6)45-61(63)75(91)84(60)50-57)101-32-21-33-102-69-48-64-62(46-67(69)96-7)76(92)85-51-58(23-9-2)43-65(85)77(93)86(64)78(94)103-52-56-26-28-59(29-27-56)82-73(89)54(5)81-74(90)72(53(3)4)83-70(87)30-34-97-36-38-99-40-41-100-39-37-98-35-31-79-71(88)44-55-24-19-17-15-13-11-10-12-14-16-18-20-25-55/h8-20,22-29,45-51,53-54,60,65,72,77,93H,21,30-44,52H2,1-7H3,(H,79,88)(H,81,90)(H,82,89)(H,83,87)/b11-10?,12-10?,13-11?,14-12?,15-13?,16-14?,17-15?,18-16?,19-17?,20-18?,22-8+,23-9+,24-19?,25-20?,55-24?,55-25?/t54?,60-,65-,72-,77-/m0/s1. The molecule has 5 atom stereocenters. The van der Waals surface area contributed by atoms with E-state index in [1.165, 1.54) is 38.2 Å². The summed E-state index contributed by atoms with van der Waals surface area (Å²) in [5.41, 5.74) is 4.44. The number of hydrogen-bond acceptors (Lipinski definition) is 18. The number of carbonyl (C=O) groups is 7. The average molecular weight is 1420 g/mol. The first kappa shape index (κ1) is 78.3. The van der Waals surface area contributed by atoms with E-state index in [1.54, 1.807) is 67.6 Å². The van der Waals surface area contributed by atoms with Gasteiger partial charge in [-0.05, 0) is 86.1 Å². The number of anilines is 2. The molecule has 103 heavy (non-hydrogen) atoms. The first-order chi connectivity index (χ1) is 50.0. The second-order valence-corrected chi connectivity index (χ2v) is 24.5. The molecule has 4 heterocycles. The van der Waals surface area contributed by atoms with Crippen molar-refractivity contribution < 1.29 is 81.3 Å². The highest BCUT2D eigenvalue weighted by molar-refractivity contribution is 6.07. The fraction of sp³-hybridized carbons (Fsp3) is 0.385. The lowest BCUT2D eigenvalue weighted by Gasteiger charge is -2.31. The molecular weight excluding hydrogens is 1320 g/mol. The third-order valence-corrected chi connectivity index (χ3v) is 16.6. The summed E-state index contributed by atoms with van der Waals surface area (Å²) in [6.45, 7) is 11.5. The van der Waals surface area contributed by atoms with Crippen molar-refractivity contribution in [3.05, 3.63) is 197 Å². The van der Waals surface area contributed by atoms with Crippen LogP contribution in [0.2, 0.25) is 0 Å².